The molecule has 0 atom stereocenters. The molecule has 110 valence electrons. The third-order valence-electron chi connectivity index (χ3n) is 3.18. The minimum Gasteiger partial charge on any atom is -0.490 e. The van der Waals surface area contributed by atoms with Crippen LogP contribution in [0.1, 0.15) is 31.1 Å². The van der Waals surface area contributed by atoms with Crippen molar-refractivity contribution >= 4 is 5.91 Å². The summed E-state index contributed by atoms with van der Waals surface area (Å²) in [6, 6.07) is 5.29. The normalized spacial score (nSPS) is 16.5. The van der Waals surface area contributed by atoms with E-state index in [-0.39, 0.29) is 11.4 Å². The van der Waals surface area contributed by atoms with Gasteiger partial charge in [-0.2, -0.15) is 0 Å². The average Bonchev–Trinajstić information content (AvgIpc) is 2.37. The molecule has 0 saturated carbocycles. The highest BCUT2D eigenvalue weighted by Crippen LogP contribution is 2.30. The lowest BCUT2D eigenvalue weighted by molar-refractivity contribution is 0.0453. The molecule has 0 aromatic heterocycles. The van der Waals surface area contributed by atoms with Gasteiger partial charge in [0.25, 0.3) is 5.91 Å². The van der Waals surface area contributed by atoms with Crippen molar-refractivity contribution in [2.45, 2.75) is 26.3 Å². The summed E-state index contributed by atoms with van der Waals surface area (Å²) in [5, 5.41) is 0. The number of ether oxygens (including phenoxy) is 2. The van der Waals surface area contributed by atoms with Crippen LogP contribution in [-0.4, -0.2) is 42.6 Å². The molecule has 1 heterocycles. The minimum atomic E-state index is -0.260. The molecule has 0 aliphatic carbocycles. The fourth-order valence-electron chi connectivity index (χ4n) is 2.34. The molecule has 1 aliphatic rings. The predicted molar refractivity (Wildman–Crippen MR) is 77.3 cm³/mol. The van der Waals surface area contributed by atoms with Gasteiger partial charge in [-0.15, -0.1) is 0 Å². The molecule has 1 amide bonds. The molecule has 5 nitrogen and oxygen atoms in total. The van der Waals surface area contributed by atoms with E-state index in [0.717, 1.165) is 0 Å². The molecule has 1 fully saturated rings. The molecule has 5 heteroatoms. The fourth-order valence-corrected chi connectivity index (χ4v) is 2.34. The topological polar surface area (TPSA) is 64.8 Å². The second-order valence-corrected chi connectivity index (χ2v) is 5.34. The summed E-state index contributed by atoms with van der Waals surface area (Å²) in [5.41, 5.74) is 6.27. The number of hydrogen-bond donors (Lipinski definition) is 1. The second kappa shape index (κ2) is 5.71. The van der Waals surface area contributed by atoms with Crippen LogP contribution in [0.25, 0.3) is 0 Å². The molecule has 0 unspecified atom stereocenters. The van der Waals surface area contributed by atoms with E-state index in [1.54, 1.807) is 23.1 Å². The SMILES string of the molecule is CCOc1ccc(C(=O)N2CC(C)(N)C2)cc1OCC. The van der Waals surface area contributed by atoms with E-state index in [0.29, 0.717) is 43.4 Å². The van der Waals surface area contributed by atoms with Crippen molar-refractivity contribution in [1.82, 2.24) is 4.90 Å². The Morgan fingerprint density at radius 1 is 1.25 bits per heavy atom. The number of nitrogens with two attached hydrogens (primary N) is 1. The zero-order valence-electron chi connectivity index (χ0n) is 12.3. The Kier molecular flexibility index (Phi) is 4.18. The molecule has 0 radical (unpaired) electrons. The van der Waals surface area contributed by atoms with Crippen LogP contribution in [-0.2, 0) is 0 Å². The van der Waals surface area contributed by atoms with Crippen LogP contribution in [0.3, 0.4) is 0 Å². The van der Waals surface area contributed by atoms with E-state index in [1.165, 1.54) is 0 Å². The van der Waals surface area contributed by atoms with Crippen molar-refractivity contribution in [2.75, 3.05) is 26.3 Å². The van der Waals surface area contributed by atoms with E-state index in [1.807, 2.05) is 20.8 Å². The Labute approximate surface area is 119 Å². The lowest BCUT2D eigenvalue weighted by atomic mass is 9.93. The second-order valence-electron chi connectivity index (χ2n) is 5.34. The van der Waals surface area contributed by atoms with Gasteiger partial charge in [0.2, 0.25) is 0 Å². The molecule has 1 aromatic rings. The standard InChI is InChI=1S/C15H22N2O3/c1-4-19-12-7-6-11(8-13(12)20-5-2)14(18)17-9-15(3,16)10-17/h6-8H,4-5,9-10,16H2,1-3H3. The average molecular weight is 278 g/mol. The molecule has 20 heavy (non-hydrogen) atoms. The third-order valence-corrected chi connectivity index (χ3v) is 3.18. The van der Waals surface area contributed by atoms with Crippen LogP contribution in [0.4, 0.5) is 0 Å². The van der Waals surface area contributed by atoms with Gasteiger partial charge in [0.15, 0.2) is 11.5 Å². The molecular weight excluding hydrogens is 256 g/mol. The van der Waals surface area contributed by atoms with Crippen molar-refractivity contribution in [3.8, 4) is 11.5 Å². The van der Waals surface area contributed by atoms with Gasteiger partial charge < -0.3 is 20.1 Å². The first-order valence-electron chi connectivity index (χ1n) is 6.94. The smallest absolute Gasteiger partial charge is 0.254 e. The Balaban J connectivity index is 2.16. The zero-order valence-corrected chi connectivity index (χ0v) is 12.3. The highest BCUT2D eigenvalue weighted by atomic mass is 16.5. The van der Waals surface area contributed by atoms with Gasteiger partial charge in [0.1, 0.15) is 0 Å². The van der Waals surface area contributed by atoms with Gasteiger partial charge in [0, 0.05) is 24.2 Å². The summed E-state index contributed by atoms with van der Waals surface area (Å²) < 4.78 is 11.0. The van der Waals surface area contributed by atoms with Crippen molar-refractivity contribution in [1.29, 1.82) is 0 Å². The summed E-state index contributed by atoms with van der Waals surface area (Å²) in [7, 11) is 0. The van der Waals surface area contributed by atoms with Gasteiger partial charge in [-0.1, -0.05) is 0 Å². The first kappa shape index (κ1) is 14.7. The van der Waals surface area contributed by atoms with Crippen LogP contribution in [0.15, 0.2) is 18.2 Å². The summed E-state index contributed by atoms with van der Waals surface area (Å²) in [6.07, 6.45) is 0. The van der Waals surface area contributed by atoms with E-state index in [2.05, 4.69) is 0 Å². The van der Waals surface area contributed by atoms with E-state index in [9.17, 15) is 4.79 Å². The Morgan fingerprint density at radius 2 is 1.85 bits per heavy atom. The van der Waals surface area contributed by atoms with Gasteiger partial charge in [-0.25, -0.2) is 0 Å². The fraction of sp³-hybridized carbons (Fsp3) is 0.533. The molecule has 2 rings (SSSR count). The van der Waals surface area contributed by atoms with Crippen molar-refractivity contribution in [3.63, 3.8) is 0 Å². The minimum absolute atomic E-state index is 0.0167. The monoisotopic (exact) mass is 278 g/mol. The first-order valence-corrected chi connectivity index (χ1v) is 6.94. The van der Waals surface area contributed by atoms with E-state index in [4.69, 9.17) is 15.2 Å². The number of hydrogen-bond acceptors (Lipinski definition) is 4. The van der Waals surface area contributed by atoms with Gasteiger partial charge in [0.05, 0.1) is 13.2 Å². The Bertz CT molecular complexity index is 492. The molecule has 0 spiro atoms. The zero-order chi connectivity index (χ0) is 14.8. The maximum atomic E-state index is 12.3. The maximum Gasteiger partial charge on any atom is 0.254 e. The molecular formula is C15H22N2O3. The van der Waals surface area contributed by atoms with Crippen LogP contribution in [0, 0.1) is 0 Å². The van der Waals surface area contributed by atoms with Gasteiger partial charge >= 0.3 is 0 Å². The van der Waals surface area contributed by atoms with E-state index >= 15 is 0 Å². The number of carbonyl (C=O) groups excluding carboxylic acids is 1. The van der Waals surface area contributed by atoms with Crippen molar-refractivity contribution in [2.24, 2.45) is 5.73 Å². The number of rotatable bonds is 5. The molecule has 2 N–H and O–H groups in total. The quantitative estimate of drug-likeness (QED) is 0.889. The maximum absolute atomic E-state index is 12.3. The van der Waals surface area contributed by atoms with Crippen LogP contribution < -0.4 is 15.2 Å². The summed E-state index contributed by atoms with van der Waals surface area (Å²) in [4.78, 5) is 14.1. The van der Waals surface area contributed by atoms with Crippen LogP contribution >= 0.6 is 0 Å². The Hall–Kier alpha value is -1.75. The number of carbonyl (C=O) groups is 1. The van der Waals surface area contributed by atoms with Crippen molar-refractivity contribution < 1.29 is 14.3 Å². The number of benzene rings is 1. The first-order chi connectivity index (χ1) is 9.46. The number of amides is 1. The number of likely N-dealkylation sites (tertiary alicyclic amines) is 1. The lowest BCUT2D eigenvalue weighted by Gasteiger charge is -2.45. The van der Waals surface area contributed by atoms with E-state index < -0.39 is 0 Å². The van der Waals surface area contributed by atoms with Crippen LogP contribution in [0.2, 0.25) is 0 Å². The largest absolute Gasteiger partial charge is 0.490 e. The molecule has 1 saturated heterocycles. The predicted octanol–water partition coefficient (Wildman–Crippen LogP) is 1.66. The highest BCUT2D eigenvalue weighted by Gasteiger charge is 2.38. The summed E-state index contributed by atoms with van der Waals surface area (Å²) in [5.74, 6) is 1.26. The van der Waals surface area contributed by atoms with Gasteiger partial charge in [-0.3, -0.25) is 4.79 Å². The lowest BCUT2D eigenvalue weighted by Crippen LogP contribution is -2.66. The van der Waals surface area contributed by atoms with Gasteiger partial charge in [-0.05, 0) is 39.0 Å². The molecule has 1 aromatic carbocycles. The Morgan fingerprint density at radius 3 is 2.40 bits per heavy atom. The highest BCUT2D eigenvalue weighted by molar-refractivity contribution is 5.95. The molecule has 1 aliphatic heterocycles. The molecule has 0 bridgehead atoms. The third kappa shape index (κ3) is 3.04. The van der Waals surface area contributed by atoms with Crippen molar-refractivity contribution in [3.05, 3.63) is 23.8 Å². The summed E-state index contributed by atoms with van der Waals surface area (Å²) in [6.45, 7) is 8.02. The van der Waals surface area contributed by atoms with Crippen LogP contribution in [0.5, 0.6) is 11.5 Å². The summed E-state index contributed by atoms with van der Waals surface area (Å²) >= 11 is 0. The number of nitrogens with zero attached hydrogens (tertiary/aromatic N) is 1.